The summed E-state index contributed by atoms with van der Waals surface area (Å²) < 4.78 is 0. The lowest BCUT2D eigenvalue weighted by molar-refractivity contribution is 1.18. The van der Waals surface area contributed by atoms with Gasteiger partial charge in [-0.2, -0.15) is 5.10 Å². The van der Waals surface area contributed by atoms with Gasteiger partial charge in [0.15, 0.2) is 16.1 Å². The Hall–Kier alpha value is -1.07. The molecule has 0 amide bonds. The highest BCUT2D eigenvalue weighted by Crippen LogP contribution is 2.18. The van der Waals surface area contributed by atoms with Gasteiger partial charge in [0.05, 0.1) is 6.21 Å². The third-order valence-electron chi connectivity index (χ3n) is 1.07. The van der Waals surface area contributed by atoms with E-state index in [1.54, 1.807) is 0 Å². The van der Waals surface area contributed by atoms with Gasteiger partial charge in [0, 0.05) is 0 Å². The van der Waals surface area contributed by atoms with Crippen LogP contribution in [0.3, 0.4) is 0 Å². The standard InChI is InChI=1S/C5H5Cl2N5/c6-3-4(7)12-5(8)2(11-3)1-10-9/h1H,9H2,(H2,8,12). The molecule has 0 saturated carbocycles. The van der Waals surface area contributed by atoms with Crippen LogP contribution in [-0.2, 0) is 0 Å². The molecule has 0 aromatic carbocycles. The third-order valence-corrected chi connectivity index (χ3v) is 1.69. The van der Waals surface area contributed by atoms with Gasteiger partial charge in [-0.15, -0.1) is 0 Å². The fraction of sp³-hybridized carbons (Fsp3) is 0. The van der Waals surface area contributed by atoms with E-state index >= 15 is 0 Å². The molecule has 0 radical (unpaired) electrons. The maximum absolute atomic E-state index is 5.56. The van der Waals surface area contributed by atoms with Gasteiger partial charge >= 0.3 is 0 Å². The summed E-state index contributed by atoms with van der Waals surface area (Å²) in [7, 11) is 0. The second kappa shape index (κ2) is 3.55. The van der Waals surface area contributed by atoms with Crippen molar-refractivity contribution in [2.24, 2.45) is 10.9 Å². The summed E-state index contributed by atoms with van der Waals surface area (Å²) in [5, 5.41) is 3.36. The predicted octanol–water partition coefficient (Wildman–Crippen LogP) is 0.658. The number of anilines is 1. The van der Waals surface area contributed by atoms with Crippen molar-refractivity contribution < 1.29 is 0 Å². The molecular formula is C5H5Cl2N5. The average molecular weight is 206 g/mol. The Labute approximate surface area is 78.4 Å². The van der Waals surface area contributed by atoms with E-state index in [0.29, 0.717) is 5.69 Å². The lowest BCUT2D eigenvalue weighted by Crippen LogP contribution is -2.02. The minimum absolute atomic E-state index is 0.0586. The first-order valence-corrected chi connectivity index (χ1v) is 3.62. The van der Waals surface area contributed by atoms with Crippen LogP contribution in [0.4, 0.5) is 5.82 Å². The third kappa shape index (κ3) is 1.75. The molecule has 0 aliphatic heterocycles. The van der Waals surface area contributed by atoms with Crippen LogP contribution < -0.4 is 11.6 Å². The number of hydrogen-bond donors (Lipinski definition) is 2. The highest BCUT2D eigenvalue weighted by Gasteiger charge is 2.05. The van der Waals surface area contributed by atoms with Gasteiger partial charge in [0.2, 0.25) is 0 Å². The monoisotopic (exact) mass is 205 g/mol. The normalized spacial score (nSPS) is 10.8. The molecule has 4 N–H and O–H groups in total. The number of hydrazone groups is 1. The molecule has 0 saturated heterocycles. The molecule has 0 bridgehead atoms. The topological polar surface area (TPSA) is 90.2 Å². The van der Waals surface area contributed by atoms with Gasteiger partial charge in [0.1, 0.15) is 5.69 Å². The number of nitrogens with zero attached hydrogens (tertiary/aromatic N) is 3. The Balaban J connectivity index is 3.23. The Kier molecular flexibility index (Phi) is 2.67. The summed E-state index contributed by atoms with van der Waals surface area (Å²) in [4.78, 5) is 7.47. The SMILES string of the molecule is NN=Cc1nc(Cl)c(Cl)nc1N. The zero-order valence-corrected chi connectivity index (χ0v) is 7.34. The maximum Gasteiger partial charge on any atom is 0.168 e. The lowest BCUT2D eigenvalue weighted by Gasteiger charge is -1.99. The molecule has 0 aliphatic carbocycles. The zero-order chi connectivity index (χ0) is 9.14. The van der Waals surface area contributed by atoms with Crippen LogP contribution in [0.15, 0.2) is 5.10 Å². The number of halogens is 2. The molecule has 12 heavy (non-hydrogen) atoms. The smallest absolute Gasteiger partial charge is 0.168 e. The Morgan fingerprint density at radius 2 is 1.83 bits per heavy atom. The van der Waals surface area contributed by atoms with E-state index in [2.05, 4.69) is 15.1 Å². The number of nitrogens with two attached hydrogens (primary N) is 2. The van der Waals surface area contributed by atoms with Crippen molar-refractivity contribution in [3.05, 3.63) is 16.0 Å². The van der Waals surface area contributed by atoms with Crippen molar-refractivity contribution in [3.63, 3.8) is 0 Å². The van der Waals surface area contributed by atoms with Crippen LogP contribution in [0.5, 0.6) is 0 Å². The summed E-state index contributed by atoms with van der Waals surface area (Å²) in [6.45, 7) is 0. The van der Waals surface area contributed by atoms with Crippen molar-refractivity contribution in [2.45, 2.75) is 0 Å². The summed E-state index contributed by atoms with van der Waals surface area (Å²) in [6, 6.07) is 0. The molecule has 1 heterocycles. The zero-order valence-electron chi connectivity index (χ0n) is 5.83. The van der Waals surface area contributed by atoms with E-state index in [-0.39, 0.29) is 16.1 Å². The Bertz CT molecular complexity index is 324. The molecule has 1 aromatic rings. The van der Waals surface area contributed by atoms with Crippen LogP contribution in [-0.4, -0.2) is 16.2 Å². The highest BCUT2D eigenvalue weighted by molar-refractivity contribution is 6.40. The number of aromatic nitrogens is 2. The molecule has 0 unspecified atom stereocenters. The number of nitrogen functional groups attached to an aromatic ring is 1. The summed E-state index contributed by atoms with van der Waals surface area (Å²) >= 11 is 11.1. The fourth-order valence-electron chi connectivity index (χ4n) is 0.584. The summed E-state index contributed by atoms with van der Waals surface area (Å²) in [5.41, 5.74) is 5.71. The largest absolute Gasteiger partial charge is 0.382 e. The minimum Gasteiger partial charge on any atom is -0.382 e. The molecule has 0 spiro atoms. The molecule has 64 valence electrons. The van der Waals surface area contributed by atoms with E-state index in [9.17, 15) is 0 Å². The predicted molar refractivity (Wildman–Crippen MR) is 48.2 cm³/mol. The first kappa shape index (κ1) is 9.02. The highest BCUT2D eigenvalue weighted by atomic mass is 35.5. The number of hydrogen-bond acceptors (Lipinski definition) is 5. The van der Waals surface area contributed by atoms with Gasteiger partial charge < -0.3 is 11.6 Å². The van der Waals surface area contributed by atoms with Crippen LogP contribution in [0, 0.1) is 0 Å². The van der Waals surface area contributed by atoms with Gasteiger partial charge in [-0.3, -0.25) is 0 Å². The van der Waals surface area contributed by atoms with E-state index in [1.807, 2.05) is 0 Å². The molecule has 1 rings (SSSR count). The van der Waals surface area contributed by atoms with Crippen LogP contribution in [0.25, 0.3) is 0 Å². The van der Waals surface area contributed by atoms with Gasteiger partial charge in [-0.05, 0) is 0 Å². The fourth-order valence-corrected chi connectivity index (χ4v) is 0.851. The molecule has 5 nitrogen and oxygen atoms in total. The average Bonchev–Trinajstić information content (AvgIpc) is 2.01. The molecule has 7 heteroatoms. The van der Waals surface area contributed by atoms with Crippen LogP contribution in [0.2, 0.25) is 10.3 Å². The van der Waals surface area contributed by atoms with E-state index < -0.39 is 0 Å². The lowest BCUT2D eigenvalue weighted by atomic mass is 10.4. The Morgan fingerprint density at radius 3 is 2.42 bits per heavy atom. The molecule has 0 atom stereocenters. The number of rotatable bonds is 1. The summed E-state index contributed by atoms with van der Waals surface area (Å²) in [5.74, 6) is 5.03. The van der Waals surface area contributed by atoms with Crippen molar-refractivity contribution in [2.75, 3.05) is 5.73 Å². The second-order valence-electron chi connectivity index (χ2n) is 1.85. The van der Waals surface area contributed by atoms with Gasteiger partial charge in [0.25, 0.3) is 0 Å². The maximum atomic E-state index is 5.56. The van der Waals surface area contributed by atoms with E-state index in [1.165, 1.54) is 6.21 Å². The van der Waals surface area contributed by atoms with Gasteiger partial charge in [-0.25, -0.2) is 9.97 Å². The van der Waals surface area contributed by atoms with Crippen molar-refractivity contribution in [1.29, 1.82) is 0 Å². The first-order chi connectivity index (χ1) is 5.65. The molecule has 1 aromatic heterocycles. The van der Waals surface area contributed by atoms with Crippen LogP contribution >= 0.6 is 23.2 Å². The van der Waals surface area contributed by atoms with Crippen molar-refractivity contribution in [1.82, 2.24) is 9.97 Å². The minimum atomic E-state index is 0.0586. The molecule has 0 aliphatic rings. The van der Waals surface area contributed by atoms with Crippen molar-refractivity contribution in [3.8, 4) is 0 Å². The summed E-state index contributed by atoms with van der Waals surface area (Å²) in [6.07, 6.45) is 1.24. The van der Waals surface area contributed by atoms with Gasteiger partial charge in [-0.1, -0.05) is 23.2 Å². The Morgan fingerprint density at radius 1 is 1.25 bits per heavy atom. The molecular weight excluding hydrogens is 201 g/mol. The van der Waals surface area contributed by atoms with Crippen LogP contribution in [0.1, 0.15) is 5.69 Å². The molecule has 0 fully saturated rings. The second-order valence-corrected chi connectivity index (χ2v) is 2.57. The van der Waals surface area contributed by atoms with Crippen molar-refractivity contribution >= 4 is 35.2 Å². The van der Waals surface area contributed by atoms with E-state index in [0.717, 1.165) is 0 Å². The first-order valence-electron chi connectivity index (χ1n) is 2.87. The quantitative estimate of drug-likeness (QED) is 0.401. The van der Waals surface area contributed by atoms with E-state index in [4.69, 9.17) is 34.8 Å².